The van der Waals surface area contributed by atoms with Crippen molar-refractivity contribution in [3.63, 3.8) is 0 Å². The minimum absolute atomic E-state index is 0.590. The molecule has 0 saturated carbocycles. The van der Waals surface area contributed by atoms with Crippen molar-refractivity contribution in [1.82, 2.24) is 4.90 Å². The molecule has 1 aliphatic rings. The second-order valence-corrected chi connectivity index (χ2v) is 5.14. The molecule has 1 N–H and O–H groups in total. The molecule has 2 nitrogen and oxygen atoms in total. The number of piperidine rings is 1. The smallest absolute Gasteiger partial charge is 0.0407 e. The number of rotatable bonds is 2. The van der Waals surface area contributed by atoms with Crippen LogP contribution in [-0.2, 0) is 0 Å². The highest BCUT2D eigenvalue weighted by Gasteiger charge is 2.22. The minimum atomic E-state index is 0.590. The van der Waals surface area contributed by atoms with Gasteiger partial charge in [-0.3, -0.25) is 0 Å². The molecule has 1 heterocycles. The summed E-state index contributed by atoms with van der Waals surface area (Å²) in [5.74, 6) is 0. The Morgan fingerprint density at radius 2 is 2.00 bits per heavy atom. The Morgan fingerprint density at radius 3 is 2.62 bits per heavy atom. The van der Waals surface area contributed by atoms with Crippen LogP contribution in [0.5, 0.6) is 0 Å². The number of benzene rings is 1. The maximum Gasteiger partial charge on any atom is 0.0407 e. The Balaban J connectivity index is 1.93. The lowest BCUT2D eigenvalue weighted by Crippen LogP contribution is -2.42. The van der Waals surface area contributed by atoms with E-state index in [0.717, 1.165) is 5.02 Å². The highest BCUT2D eigenvalue weighted by molar-refractivity contribution is 6.30. The van der Waals surface area contributed by atoms with Gasteiger partial charge in [-0.1, -0.05) is 11.6 Å². The summed E-state index contributed by atoms with van der Waals surface area (Å²) in [5.41, 5.74) is 1.17. The fraction of sp³-hybridized carbons (Fsp3) is 0.538. The van der Waals surface area contributed by atoms with E-state index in [2.05, 4.69) is 24.2 Å². The Kier molecular flexibility index (Phi) is 3.72. The predicted octanol–water partition coefficient (Wildman–Crippen LogP) is 3.23. The van der Waals surface area contributed by atoms with Gasteiger partial charge in [0.1, 0.15) is 0 Å². The molecule has 0 radical (unpaired) electrons. The average Bonchev–Trinajstić information content (AvgIpc) is 2.27. The number of hydrogen-bond donors (Lipinski definition) is 1. The number of hydrogen-bond acceptors (Lipinski definition) is 2. The highest BCUT2D eigenvalue weighted by Crippen LogP contribution is 2.21. The van der Waals surface area contributed by atoms with Gasteiger partial charge in [0.2, 0.25) is 0 Å². The van der Waals surface area contributed by atoms with Crippen molar-refractivity contribution < 1.29 is 0 Å². The van der Waals surface area contributed by atoms with Crippen LogP contribution >= 0.6 is 11.6 Å². The molecule has 2 rings (SSSR count). The molecular formula is C13H19ClN2. The van der Waals surface area contributed by atoms with Crippen molar-refractivity contribution in [1.29, 1.82) is 0 Å². The molecule has 0 aliphatic carbocycles. The number of nitrogens with zero attached hydrogens (tertiary/aromatic N) is 1. The van der Waals surface area contributed by atoms with Crippen molar-refractivity contribution in [3.8, 4) is 0 Å². The van der Waals surface area contributed by atoms with Crippen LogP contribution in [0.3, 0.4) is 0 Å². The average molecular weight is 239 g/mol. The summed E-state index contributed by atoms with van der Waals surface area (Å²) in [6, 6.07) is 9.21. The third-order valence-electron chi connectivity index (χ3n) is 3.42. The minimum Gasteiger partial charge on any atom is -0.382 e. The van der Waals surface area contributed by atoms with E-state index in [0.29, 0.717) is 12.1 Å². The molecule has 1 aromatic carbocycles. The van der Waals surface area contributed by atoms with Crippen LogP contribution in [0.2, 0.25) is 5.02 Å². The molecule has 88 valence electrons. The predicted molar refractivity (Wildman–Crippen MR) is 70.2 cm³/mol. The van der Waals surface area contributed by atoms with Gasteiger partial charge in [0.05, 0.1) is 0 Å². The molecule has 1 aromatic rings. The maximum absolute atomic E-state index is 5.86. The molecule has 1 saturated heterocycles. The third kappa shape index (κ3) is 2.89. The molecule has 0 bridgehead atoms. The van der Waals surface area contributed by atoms with Crippen LogP contribution in [0.15, 0.2) is 24.3 Å². The van der Waals surface area contributed by atoms with Crippen molar-refractivity contribution in [2.24, 2.45) is 0 Å². The van der Waals surface area contributed by atoms with Gasteiger partial charge >= 0.3 is 0 Å². The summed E-state index contributed by atoms with van der Waals surface area (Å²) in [6.07, 6.45) is 2.42. The van der Waals surface area contributed by atoms with E-state index in [9.17, 15) is 0 Å². The Bertz CT molecular complexity index is 336. The number of anilines is 1. The quantitative estimate of drug-likeness (QED) is 0.851. The second-order valence-electron chi connectivity index (χ2n) is 4.70. The molecule has 2 unspecified atom stereocenters. The summed E-state index contributed by atoms with van der Waals surface area (Å²) in [7, 11) is 2.20. The Morgan fingerprint density at radius 1 is 1.31 bits per heavy atom. The second kappa shape index (κ2) is 5.07. The van der Waals surface area contributed by atoms with Crippen LogP contribution in [0.1, 0.15) is 19.8 Å². The van der Waals surface area contributed by atoms with Crippen molar-refractivity contribution in [2.75, 3.05) is 18.9 Å². The molecule has 1 aliphatic heterocycles. The molecule has 0 spiro atoms. The van der Waals surface area contributed by atoms with Crippen LogP contribution in [0.25, 0.3) is 0 Å². The van der Waals surface area contributed by atoms with Gasteiger partial charge in [-0.2, -0.15) is 0 Å². The molecule has 16 heavy (non-hydrogen) atoms. The zero-order chi connectivity index (χ0) is 11.5. The summed E-state index contributed by atoms with van der Waals surface area (Å²) >= 11 is 5.86. The SMILES string of the molecule is CC1CC(Nc2ccc(Cl)cc2)CCN1C. The first-order chi connectivity index (χ1) is 7.65. The Labute approximate surface area is 103 Å². The van der Waals surface area contributed by atoms with E-state index < -0.39 is 0 Å². The molecule has 3 heteroatoms. The largest absolute Gasteiger partial charge is 0.382 e. The fourth-order valence-corrected chi connectivity index (χ4v) is 2.33. The lowest BCUT2D eigenvalue weighted by atomic mass is 9.99. The third-order valence-corrected chi connectivity index (χ3v) is 3.68. The first kappa shape index (κ1) is 11.7. The van der Waals surface area contributed by atoms with Gasteiger partial charge in [0, 0.05) is 29.3 Å². The van der Waals surface area contributed by atoms with Gasteiger partial charge in [-0.05, 0) is 51.1 Å². The summed E-state index contributed by atoms with van der Waals surface area (Å²) in [4.78, 5) is 2.42. The highest BCUT2D eigenvalue weighted by atomic mass is 35.5. The fourth-order valence-electron chi connectivity index (χ4n) is 2.20. The van der Waals surface area contributed by atoms with E-state index in [4.69, 9.17) is 11.6 Å². The van der Waals surface area contributed by atoms with Gasteiger partial charge in [0.25, 0.3) is 0 Å². The van der Waals surface area contributed by atoms with Gasteiger partial charge in [0.15, 0.2) is 0 Å². The molecule has 0 amide bonds. The van der Waals surface area contributed by atoms with Crippen molar-refractivity contribution in [3.05, 3.63) is 29.3 Å². The molecule has 2 atom stereocenters. The van der Waals surface area contributed by atoms with E-state index in [1.165, 1.54) is 25.1 Å². The van der Waals surface area contributed by atoms with Crippen LogP contribution in [0.4, 0.5) is 5.69 Å². The van der Waals surface area contributed by atoms with Crippen molar-refractivity contribution in [2.45, 2.75) is 31.8 Å². The first-order valence-corrected chi connectivity index (χ1v) is 6.25. The van der Waals surface area contributed by atoms with Crippen LogP contribution < -0.4 is 5.32 Å². The zero-order valence-corrected chi connectivity index (χ0v) is 10.7. The van der Waals surface area contributed by atoms with Gasteiger partial charge in [-0.25, -0.2) is 0 Å². The van der Waals surface area contributed by atoms with Gasteiger partial charge < -0.3 is 10.2 Å². The van der Waals surface area contributed by atoms with Crippen LogP contribution in [-0.4, -0.2) is 30.6 Å². The summed E-state index contributed by atoms with van der Waals surface area (Å²) < 4.78 is 0. The van der Waals surface area contributed by atoms with Gasteiger partial charge in [-0.15, -0.1) is 0 Å². The normalized spacial score (nSPS) is 26.7. The first-order valence-electron chi connectivity index (χ1n) is 5.87. The monoisotopic (exact) mass is 238 g/mol. The van der Waals surface area contributed by atoms with E-state index >= 15 is 0 Å². The summed E-state index contributed by atoms with van der Waals surface area (Å²) in [6.45, 7) is 3.46. The molecule has 0 aromatic heterocycles. The standard InChI is InChI=1S/C13H19ClN2/c1-10-9-13(7-8-16(10)2)15-12-5-3-11(14)4-6-12/h3-6,10,13,15H,7-9H2,1-2H3. The Hall–Kier alpha value is -0.730. The van der Waals surface area contributed by atoms with Crippen LogP contribution in [0, 0.1) is 0 Å². The number of nitrogens with one attached hydrogen (secondary N) is 1. The molecular weight excluding hydrogens is 220 g/mol. The van der Waals surface area contributed by atoms with E-state index in [1.54, 1.807) is 0 Å². The van der Waals surface area contributed by atoms with Crippen molar-refractivity contribution >= 4 is 17.3 Å². The number of likely N-dealkylation sites (tertiary alicyclic amines) is 1. The zero-order valence-electron chi connectivity index (χ0n) is 9.91. The lowest BCUT2D eigenvalue weighted by molar-refractivity contribution is 0.190. The lowest BCUT2D eigenvalue weighted by Gasteiger charge is -2.35. The topological polar surface area (TPSA) is 15.3 Å². The van der Waals surface area contributed by atoms with E-state index in [1.807, 2.05) is 24.3 Å². The summed E-state index contributed by atoms with van der Waals surface area (Å²) in [5, 5.41) is 4.37. The number of halogens is 1. The maximum atomic E-state index is 5.86. The molecule has 1 fully saturated rings. The van der Waals surface area contributed by atoms with E-state index in [-0.39, 0.29) is 0 Å².